The Balaban J connectivity index is 3.96. The molecule has 2 unspecified atom stereocenters. The van der Waals surface area contributed by atoms with Crippen LogP contribution in [0.2, 0.25) is 0 Å². The molecule has 0 spiro atoms. The minimum atomic E-state index is 0.169. The van der Waals surface area contributed by atoms with Crippen molar-refractivity contribution in [3.8, 4) is 0 Å². The van der Waals surface area contributed by atoms with Gasteiger partial charge < -0.3 is 18.9 Å². The molecule has 0 fully saturated rings. The Kier molecular flexibility index (Phi) is 29.9. The molecule has 4 nitrogen and oxygen atoms in total. The van der Waals surface area contributed by atoms with Crippen molar-refractivity contribution in [2.75, 3.05) is 46.8 Å². The van der Waals surface area contributed by atoms with Crippen LogP contribution in [0.4, 0.5) is 0 Å². The molecule has 0 N–H and O–H groups in total. The van der Waals surface area contributed by atoms with Crippen molar-refractivity contribution in [3.63, 3.8) is 0 Å². The second-order valence-corrected chi connectivity index (χ2v) is 10.4. The third-order valence-corrected chi connectivity index (χ3v) is 7.03. The Morgan fingerprint density at radius 3 is 1.60 bits per heavy atom. The van der Waals surface area contributed by atoms with Gasteiger partial charge in [0, 0.05) is 40.1 Å². The number of ether oxygens (including phenoxy) is 4. The lowest BCUT2D eigenvalue weighted by Gasteiger charge is -2.22. The highest BCUT2D eigenvalue weighted by atomic mass is 16.5. The van der Waals surface area contributed by atoms with Crippen LogP contribution >= 0.6 is 0 Å². The third kappa shape index (κ3) is 26.7. The third-order valence-electron chi connectivity index (χ3n) is 7.03. The van der Waals surface area contributed by atoms with Gasteiger partial charge in [-0.25, -0.2) is 0 Å². The molecule has 0 aliphatic carbocycles. The van der Waals surface area contributed by atoms with Gasteiger partial charge in [-0.3, -0.25) is 0 Å². The van der Waals surface area contributed by atoms with Gasteiger partial charge in [0.2, 0.25) is 0 Å². The van der Waals surface area contributed by atoms with E-state index < -0.39 is 0 Å². The SMILES string of the molecule is CCCCCCCCOCCC(COCCCCCCCCCCOC)OCC(CC)CCCC. The molecule has 0 aromatic rings. The zero-order valence-corrected chi connectivity index (χ0v) is 24.5. The molecule has 0 heterocycles. The van der Waals surface area contributed by atoms with Crippen molar-refractivity contribution >= 4 is 0 Å². The van der Waals surface area contributed by atoms with E-state index >= 15 is 0 Å². The summed E-state index contributed by atoms with van der Waals surface area (Å²) in [6.45, 7) is 11.9. The van der Waals surface area contributed by atoms with E-state index in [2.05, 4.69) is 20.8 Å². The average Bonchev–Trinajstić information content (AvgIpc) is 2.87. The maximum absolute atomic E-state index is 6.35. The van der Waals surface area contributed by atoms with Crippen molar-refractivity contribution in [2.45, 2.75) is 149 Å². The van der Waals surface area contributed by atoms with E-state index in [1.54, 1.807) is 7.11 Å². The van der Waals surface area contributed by atoms with Crippen molar-refractivity contribution in [1.82, 2.24) is 0 Å². The molecule has 0 aliphatic rings. The predicted molar refractivity (Wildman–Crippen MR) is 151 cm³/mol. The van der Waals surface area contributed by atoms with Crippen LogP contribution < -0.4 is 0 Å². The van der Waals surface area contributed by atoms with Crippen molar-refractivity contribution in [3.05, 3.63) is 0 Å². The summed E-state index contributed by atoms with van der Waals surface area (Å²) in [7, 11) is 1.79. The maximum Gasteiger partial charge on any atom is 0.0830 e. The molecular formula is C31H64O4. The highest BCUT2D eigenvalue weighted by Crippen LogP contribution is 2.15. The Bertz CT molecular complexity index is 377. The van der Waals surface area contributed by atoms with Gasteiger partial charge in [0.15, 0.2) is 0 Å². The molecule has 0 saturated heterocycles. The van der Waals surface area contributed by atoms with Gasteiger partial charge in [-0.05, 0) is 38.0 Å². The molecule has 0 aliphatic heterocycles. The summed E-state index contributed by atoms with van der Waals surface area (Å²) < 4.78 is 23.5. The Morgan fingerprint density at radius 1 is 0.486 bits per heavy atom. The summed E-state index contributed by atoms with van der Waals surface area (Å²) >= 11 is 0. The largest absolute Gasteiger partial charge is 0.385 e. The predicted octanol–water partition coefficient (Wildman–Crippen LogP) is 9.14. The first-order chi connectivity index (χ1) is 17.3. The molecule has 0 radical (unpaired) electrons. The first-order valence-electron chi connectivity index (χ1n) is 15.5. The molecule has 2 atom stereocenters. The molecule has 0 bridgehead atoms. The van der Waals surface area contributed by atoms with Crippen LogP contribution in [0.1, 0.15) is 143 Å². The van der Waals surface area contributed by atoms with E-state index in [-0.39, 0.29) is 6.10 Å². The van der Waals surface area contributed by atoms with E-state index in [4.69, 9.17) is 18.9 Å². The standard InChI is InChI=1S/C31H64O4/c1-5-8-10-11-17-20-25-33-27-23-31(35-28-30(7-3)22-9-6-2)29-34-26-21-18-15-13-12-14-16-19-24-32-4/h30-31H,5-29H2,1-4H3. The zero-order chi connectivity index (χ0) is 25.7. The fourth-order valence-corrected chi connectivity index (χ4v) is 4.41. The second kappa shape index (κ2) is 30.1. The molecule has 0 rings (SSSR count). The van der Waals surface area contributed by atoms with Crippen LogP contribution in [-0.4, -0.2) is 52.9 Å². The summed E-state index contributed by atoms with van der Waals surface area (Å²) in [4.78, 5) is 0. The van der Waals surface area contributed by atoms with E-state index in [1.807, 2.05) is 0 Å². The number of hydrogen-bond donors (Lipinski definition) is 0. The topological polar surface area (TPSA) is 36.9 Å². The number of methoxy groups -OCH3 is 1. The van der Waals surface area contributed by atoms with Gasteiger partial charge in [0.1, 0.15) is 0 Å². The van der Waals surface area contributed by atoms with Gasteiger partial charge in [-0.1, -0.05) is 111 Å². The average molecular weight is 501 g/mol. The van der Waals surface area contributed by atoms with Crippen LogP contribution in [-0.2, 0) is 18.9 Å². The molecule has 0 aromatic carbocycles. The van der Waals surface area contributed by atoms with Gasteiger partial charge in [-0.2, -0.15) is 0 Å². The van der Waals surface area contributed by atoms with Crippen molar-refractivity contribution in [1.29, 1.82) is 0 Å². The summed E-state index contributed by atoms with van der Waals surface area (Å²) in [6.07, 6.45) is 24.4. The first-order valence-corrected chi connectivity index (χ1v) is 15.5. The second-order valence-electron chi connectivity index (χ2n) is 10.4. The number of rotatable bonds is 30. The lowest BCUT2D eigenvalue weighted by Crippen LogP contribution is -2.25. The van der Waals surface area contributed by atoms with Gasteiger partial charge in [0.25, 0.3) is 0 Å². The molecule has 4 heteroatoms. The molecule has 35 heavy (non-hydrogen) atoms. The maximum atomic E-state index is 6.35. The van der Waals surface area contributed by atoms with E-state index in [0.717, 1.165) is 39.5 Å². The monoisotopic (exact) mass is 500 g/mol. The van der Waals surface area contributed by atoms with Crippen LogP contribution in [0.15, 0.2) is 0 Å². The van der Waals surface area contributed by atoms with Crippen LogP contribution in [0.3, 0.4) is 0 Å². The van der Waals surface area contributed by atoms with Gasteiger partial charge in [0.05, 0.1) is 12.7 Å². The highest BCUT2D eigenvalue weighted by Gasteiger charge is 2.13. The minimum Gasteiger partial charge on any atom is -0.385 e. The Morgan fingerprint density at radius 2 is 1.03 bits per heavy atom. The fourth-order valence-electron chi connectivity index (χ4n) is 4.41. The quantitative estimate of drug-likeness (QED) is 0.0921. The van der Waals surface area contributed by atoms with Gasteiger partial charge in [-0.15, -0.1) is 0 Å². The summed E-state index contributed by atoms with van der Waals surface area (Å²) in [5.41, 5.74) is 0. The summed E-state index contributed by atoms with van der Waals surface area (Å²) in [5, 5.41) is 0. The lowest BCUT2D eigenvalue weighted by molar-refractivity contribution is -0.0462. The smallest absolute Gasteiger partial charge is 0.0830 e. The van der Waals surface area contributed by atoms with E-state index in [0.29, 0.717) is 12.5 Å². The normalized spacial score (nSPS) is 13.4. The van der Waals surface area contributed by atoms with Crippen LogP contribution in [0.25, 0.3) is 0 Å². The summed E-state index contributed by atoms with van der Waals surface area (Å²) in [6, 6.07) is 0. The zero-order valence-electron chi connectivity index (χ0n) is 24.5. The molecule has 0 saturated carbocycles. The molecular weight excluding hydrogens is 436 g/mol. The number of unbranched alkanes of at least 4 members (excludes halogenated alkanes) is 13. The van der Waals surface area contributed by atoms with E-state index in [1.165, 1.54) is 116 Å². The van der Waals surface area contributed by atoms with Crippen molar-refractivity contribution < 1.29 is 18.9 Å². The molecule has 212 valence electrons. The van der Waals surface area contributed by atoms with Gasteiger partial charge >= 0.3 is 0 Å². The lowest BCUT2D eigenvalue weighted by atomic mass is 10.0. The fraction of sp³-hybridized carbons (Fsp3) is 1.00. The first kappa shape index (κ1) is 34.8. The number of hydrogen-bond acceptors (Lipinski definition) is 4. The molecule has 0 amide bonds. The minimum absolute atomic E-state index is 0.169. The Hall–Kier alpha value is -0.160. The van der Waals surface area contributed by atoms with Crippen molar-refractivity contribution in [2.24, 2.45) is 5.92 Å². The van der Waals surface area contributed by atoms with E-state index in [9.17, 15) is 0 Å². The molecule has 0 aromatic heterocycles. The Labute approximate surface area is 220 Å². The summed E-state index contributed by atoms with van der Waals surface area (Å²) in [5.74, 6) is 0.677. The highest BCUT2D eigenvalue weighted by molar-refractivity contribution is 4.62. The van der Waals surface area contributed by atoms with Crippen LogP contribution in [0.5, 0.6) is 0 Å². The van der Waals surface area contributed by atoms with Crippen LogP contribution in [0, 0.1) is 5.92 Å².